The van der Waals surface area contributed by atoms with Crippen LogP contribution in [0.3, 0.4) is 0 Å². The summed E-state index contributed by atoms with van der Waals surface area (Å²) in [4.78, 5) is 28.3. The summed E-state index contributed by atoms with van der Waals surface area (Å²) < 4.78 is 14.3. The van der Waals surface area contributed by atoms with Crippen LogP contribution in [-0.4, -0.2) is 22.0 Å². The zero-order valence-electron chi connectivity index (χ0n) is 14.5. The third-order valence-corrected chi connectivity index (χ3v) is 3.90. The molecule has 0 atom stereocenters. The van der Waals surface area contributed by atoms with E-state index < -0.39 is 0 Å². The van der Waals surface area contributed by atoms with E-state index >= 15 is 0 Å². The molecular weight excluding hydrogens is 345 g/mol. The van der Waals surface area contributed by atoms with Crippen molar-refractivity contribution in [3.05, 3.63) is 94.8 Å². The summed E-state index contributed by atoms with van der Waals surface area (Å²) in [5, 5.41) is 2.70. The van der Waals surface area contributed by atoms with E-state index in [-0.39, 0.29) is 17.3 Å². The Morgan fingerprint density at radius 3 is 2.56 bits per heavy atom. The van der Waals surface area contributed by atoms with Gasteiger partial charge in [0.05, 0.1) is 12.0 Å². The van der Waals surface area contributed by atoms with E-state index in [1.54, 1.807) is 18.2 Å². The number of rotatable bonds is 6. The molecule has 3 aromatic rings. The van der Waals surface area contributed by atoms with Crippen LogP contribution in [0.4, 0.5) is 4.39 Å². The minimum absolute atomic E-state index is 0.181. The van der Waals surface area contributed by atoms with Gasteiger partial charge >= 0.3 is 0 Å². The van der Waals surface area contributed by atoms with Crippen LogP contribution in [0.5, 0.6) is 0 Å². The van der Waals surface area contributed by atoms with Crippen molar-refractivity contribution in [1.82, 2.24) is 14.9 Å². The first-order chi connectivity index (χ1) is 13.1. The maximum absolute atomic E-state index is 12.8. The van der Waals surface area contributed by atoms with E-state index in [4.69, 9.17) is 0 Å². The number of nitrogens with zero attached hydrogens (tertiary/aromatic N) is 2. The summed E-state index contributed by atoms with van der Waals surface area (Å²) in [5.41, 5.74) is 2.03. The van der Waals surface area contributed by atoms with Gasteiger partial charge in [0.15, 0.2) is 0 Å². The molecule has 5 nitrogen and oxygen atoms in total. The molecule has 1 heterocycles. The Labute approximate surface area is 155 Å². The molecule has 1 N–H and O–H groups in total. The molecule has 1 aromatic heterocycles. The summed E-state index contributed by atoms with van der Waals surface area (Å²) >= 11 is 0. The van der Waals surface area contributed by atoms with Gasteiger partial charge in [0, 0.05) is 30.8 Å². The van der Waals surface area contributed by atoms with Gasteiger partial charge in [0.1, 0.15) is 5.82 Å². The van der Waals surface area contributed by atoms with Gasteiger partial charge in [-0.3, -0.25) is 14.2 Å². The Morgan fingerprint density at radius 2 is 1.85 bits per heavy atom. The van der Waals surface area contributed by atoms with Crippen LogP contribution in [0.15, 0.2) is 77.9 Å². The second-order valence-corrected chi connectivity index (χ2v) is 5.85. The minimum atomic E-state index is -0.325. The highest BCUT2D eigenvalue weighted by Gasteiger charge is 2.03. The zero-order chi connectivity index (χ0) is 19.1. The maximum atomic E-state index is 12.8. The van der Waals surface area contributed by atoms with E-state index in [0.717, 1.165) is 11.1 Å². The Kier molecular flexibility index (Phi) is 5.89. The normalized spacial score (nSPS) is 10.9. The fourth-order valence-electron chi connectivity index (χ4n) is 2.46. The van der Waals surface area contributed by atoms with Crippen LogP contribution in [0, 0.1) is 5.82 Å². The lowest BCUT2D eigenvalue weighted by Crippen LogP contribution is -2.29. The molecule has 27 heavy (non-hydrogen) atoms. The number of benzene rings is 2. The SMILES string of the molecule is O=C(/C=C/c1ccc(F)cc1)NCCn1cnc(-c2ccccc2)cc1=O. The molecule has 0 aliphatic rings. The monoisotopic (exact) mass is 363 g/mol. The topological polar surface area (TPSA) is 64.0 Å². The molecular formula is C21H18FN3O2. The minimum Gasteiger partial charge on any atom is -0.351 e. The molecule has 0 unspecified atom stereocenters. The summed E-state index contributed by atoms with van der Waals surface area (Å²) in [7, 11) is 0. The molecule has 0 radical (unpaired) electrons. The average Bonchev–Trinajstić information content (AvgIpc) is 2.69. The predicted octanol–water partition coefficient (Wildman–Crippen LogP) is 2.88. The number of aromatic nitrogens is 2. The van der Waals surface area contributed by atoms with Gasteiger partial charge in [-0.1, -0.05) is 42.5 Å². The fraction of sp³-hybridized carbons (Fsp3) is 0.0952. The molecule has 0 aliphatic carbocycles. The van der Waals surface area contributed by atoms with Crippen LogP contribution in [0.25, 0.3) is 17.3 Å². The second kappa shape index (κ2) is 8.71. The average molecular weight is 363 g/mol. The van der Waals surface area contributed by atoms with Crippen molar-refractivity contribution in [3.63, 3.8) is 0 Å². The van der Waals surface area contributed by atoms with Crippen molar-refractivity contribution < 1.29 is 9.18 Å². The maximum Gasteiger partial charge on any atom is 0.253 e. The van der Waals surface area contributed by atoms with Crippen LogP contribution in [0.2, 0.25) is 0 Å². The molecule has 3 rings (SSSR count). The zero-order valence-corrected chi connectivity index (χ0v) is 14.5. The van der Waals surface area contributed by atoms with Crippen molar-refractivity contribution >= 4 is 12.0 Å². The van der Waals surface area contributed by atoms with Crippen molar-refractivity contribution in [2.75, 3.05) is 6.54 Å². The van der Waals surface area contributed by atoms with E-state index in [1.165, 1.54) is 35.2 Å². The van der Waals surface area contributed by atoms with Crippen LogP contribution >= 0.6 is 0 Å². The van der Waals surface area contributed by atoms with Gasteiger partial charge in [-0.2, -0.15) is 0 Å². The second-order valence-electron chi connectivity index (χ2n) is 5.85. The molecule has 0 spiro atoms. The number of carbonyl (C=O) groups is 1. The molecule has 2 aromatic carbocycles. The molecule has 0 saturated heterocycles. The van der Waals surface area contributed by atoms with E-state index in [2.05, 4.69) is 10.3 Å². The number of carbonyl (C=O) groups excluding carboxylic acids is 1. The van der Waals surface area contributed by atoms with Crippen molar-refractivity contribution in [2.45, 2.75) is 6.54 Å². The van der Waals surface area contributed by atoms with Crippen LogP contribution < -0.4 is 10.9 Å². The first-order valence-electron chi connectivity index (χ1n) is 8.45. The molecule has 6 heteroatoms. The Balaban J connectivity index is 1.53. The lowest BCUT2D eigenvalue weighted by atomic mass is 10.1. The van der Waals surface area contributed by atoms with E-state index in [9.17, 15) is 14.0 Å². The van der Waals surface area contributed by atoms with Gasteiger partial charge in [0.25, 0.3) is 5.56 Å². The Bertz CT molecular complexity index is 996. The van der Waals surface area contributed by atoms with Crippen molar-refractivity contribution in [1.29, 1.82) is 0 Å². The highest BCUT2D eigenvalue weighted by atomic mass is 19.1. The molecule has 0 aliphatic heterocycles. The van der Waals surface area contributed by atoms with Crippen LogP contribution in [0.1, 0.15) is 5.56 Å². The van der Waals surface area contributed by atoms with E-state index in [0.29, 0.717) is 18.8 Å². The van der Waals surface area contributed by atoms with Crippen molar-refractivity contribution in [3.8, 4) is 11.3 Å². The lowest BCUT2D eigenvalue weighted by Gasteiger charge is -2.07. The number of nitrogens with one attached hydrogen (secondary N) is 1. The highest BCUT2D eigenvalue weighted by molar-refractivity contribution is 5.91. The quantitative estimate of drug-likeness (QED) is 0.685. The summed E-state index contributed by atoms with van der Waals surface area (Å²) in [6, 6.07) is 16.8. The largest absolute Gasteiger partial charge is 0.351 e. The molecule has 0 bridgehead atoms. The third-order valence-electron chi connectivity index (χ3n) is 3.90. The van der Waals surface area contributed by atoms with Gasteiger partial charge in [-0.05, 0) is 23.8 Å². The Hall–Kier alpha value is -3.54. The summed E-state index contributed by atoms with van der Waals surface area (Å²) in [5.74, 6) is -0.616. The number of amides is 1. The third kappa shape index (κ3) is 5.22. The van der Waals surface area contributed by atoms with Crippen molar-refractivity contribution in [2.24, 2.45) is 0 Å². The van der Waals surface area contributed by atoms with Gasteiger partial charge in [0.2, 0.25) is 5.91 Å². The Morgan fingerprint density at radius 1 is 1.11 bits per heavy atom. The predicted molar refractivity (Wildman–Crippen MR) is 102 cm³/mol. The first kappa shape index (κ1) is 18.3. The molecule has 0 saturated carbocycles. The van der Waals surface area contributed by atoms with Gasteiger partial charge in [-0.25, -0.2) is 9.37 Å². The number of hydrogen-bond acceptors (Lipinski definition) is 3. The number of hydrogen-bond donors (Lipinski definition) is 1. The van der Waals surface area contributed by atoms with Gasteiger partial charge < -0.3 is 5.32 Å². The number of halogens is 1. The highest BCUT2D eigenvalue weighted by Crippen LogP contribution is 2.13. The molecule has 0 fully saturated rings. The van der Waals surface area contributed by atoms with Gasteiger partial charge in [-0.15, -0.1) is 0 Å². The standard InChI is InChI=1S/C21H18FN3O2/c22-18-9-6-16(7-10-18)8-11-20(26)23-12-13-25-15-24-19(14-21(25)27)17-4-2-1-3-5-17/h1-11,14-15H,12-13H2,(H,23,26)/b11-8+. The first-order valence-corrected chi connectivity index (χ1v) is 8.45. The smallest absolute Gasteiger partial charge is 0.253 e. The summed E-state index contributed by atoms with van der Waals surface area (Å²) in [6.45, 7) is 0.607. The fourth-order valence-corrected chi connectivity index (χ4v) is 2.46. The molecule has 1 amide bonds. The van der Waals surface area contributed by atoms with E-state index in [1.807, 2.05) is 30.3 Å². The summed E-state index contributed by atoms with van der Waals surface area (Å²) in [6.07, 6.45) is 4.44. The molecule has 136 valence electrons. The van der Waals surface area contributed by atoms with Crippen LogP contribution in [-0.2, 0) is 11.3 Å². The lowest BCUT2D eigenvalue weighted by molar-refractivity contribution is -0.116.